The van der Waals surface area contributed by atoms with E-state index in [1.165, 1.54) is 0 Å². The molecule has 0 aliphatic carbocycles. The van der Waals surface area contributed by atoms with E-state index in [1.807, 2.05) is 30.3 Å². The van der Waals surface area contributed by atoms with E-state index in [1.54, 1.807) is 35.5 Å². The minimum atomic E-state index is 0. The van der Waals surface area contributed by atoms with E-state index in [-0.39, 0.29) is 24.0 Å². The Bertz CT molecular complexity index is 799. The molecule has 0 atom stereocenters. The summed E-state index contributed by atoms with van der Waals surface area (Å²) in [5, 5.41) is 6.61. The number of hydrogen-bond acceptors (Lipinski definition) is 5. The molecule has 29 heavy (non-hydrogen) atoms. The van der Waals surface area contributed by atoms with Gasteiger partial charge in [0.15, 0.2) is 17.5 Å². The van der Waals surface area contributed by atoms with Gasteiger partial charge in [0.2, 0.25) is 0 Å². The lowest BCUT2D eigenvalue weighted by Gasteiger charge is -2.16. The van der Waals surface area contributed by atoms with Crippen molar-refractivity contribution in [3.05, 3.63) is 47.5 Å². The minimum absolute atomic E-state index is 0. The molecule has 160 valence electrons. The van der Waals surface area contributed by atoms with Crippen molar-refractivity contribution in [3.8, 4) is 23.0 Å². The largest absolute Gasteiger partial charge is 0.496 e. The Morgan fingerprint density at radius 2 is 1.41 bits per heavy atom. The second kappa shape index (κ2) is 13.0. The Morgan fingerprint density at radius 3 is 2.03 bits per heavy atom. The van der Waals surface area contributed by atoms with Crippen molar-refractivity contribution >= 4 is 29.9 Å². The summed E-state index contributed by atoms with van der Waals surface area (Å²) in [4.78, 5) is 4.28. The molecule has 0 aliphatic heterocycles. The van der Waals surface area contributed by atoms with Crippen molar-refractivity contribution < 1.29 is 18.9 Å². The molecule has 0 aliphatic rings. The first kappa shape index (κ1) is 24.7. The first-order chi connectivity index (χ1) is 13.7. The smallest absolute Gasteiger partial charge is 0.191 e. The summed E-state index contributed by atoms with van der Waals surface area (Å²) in [7, 11) is 8.27. The molecule has 0 heterocycles. The second-order valence-electron chi connectivity index (χ2n) is 5.93. The summed E-state index contributed by atoms with van der Waals surface area (Å²) in [5.74, 6) is 3.59. The number of guanidine groups is 1. The Balaban J connectivity index is 0.00000420. The zero-order valence-corrected chi connectivity index (χ0v) is 19.9. The Morgan fingerprint density at radius 1 is 0.793 bits per heavy atom. The van der Waals surface area contributed by atoms with Crippen LogP contribution in [0.2, 0.25) is 0 Å². The molecule has 8 heteroatoms. The van der Waals surface area contributed by atoms with E-state index in [2.05, 4.69) is 21.7 Å². The highest BCUT2D eigenvalue weighted by Gasteiger charge is 2.12. The van der Waals surface area contributed by atoms with Crippen LogP contribution in [0, 0.1) is 0 Å². The predicted octanol–water partition coefficient (Wildman–Crippen LogP) is 3.25. The number of nitrogens with one attached hydrogen (secondary N) is 2. The van der Waals surface area contributed by atoms with Gasteiger partial charge >= 0.3 is 0 Å². The lowest BCUT2D eigenvalue weighted by molar-refractivity contribution is 0.347. The molecule has 0 saturated carbocycles. The fourth-order valence-corrected chi connectivity index (χ4v) is 2.86. The third kappa shape index (κ3) is 6.88. The summed E-state index contributed by atoms with van der Waals surface area (Å²) in [5.41, 5.74) is 2.09. The first-order valence-electron chi connectivity index (χ1n) is 9.02. The van der Waals surface area contributed by atoms with Crippen molar-refractivity contribution in [1.29, 1.82) is 0 Å². The normalized spacial score (nSPS) is 10.6. The maximum Gasteiger partial charge on any atom is 0.191 e. The lowest BCUT2D eigenvalue weighted by Crippen LogP contribution is -2.38. The SMILES string of the molecule is CN=C(NCCc1ccccc1OC)NCc1cc(OC)c(OC)cc1OC.I. The molecule has 0 spiro atoms. The Kier molecular flexibility index (Phi) is 11.0. The van der Waals surface area contributed by atoms with Gasteiger partial charge in [0.1, 0.15) is 11.5 Å². The third-order valence-electron chi connectivity index (χ3n) is 4.34. The van der Waals surface area contributed by atoms with Crippen LogP contribution in [0.25, 0.3) is 0 Å². The summed E-state index contributed by atoms with van der Waals surface area (Å²) in [6, 6.07) is 11.7. The number of hydrogen-bond donors (Lipinski definition) is 2. The van der Waals surface area contributed by atoms with Crippen molar-refractivity contribution in [2.24, 2.45) is 4.99 Å². The highest BCUT2D eigenvalue weighted by Crippen LogP contribution is 2.34. The van der Waals surface area contributed by atoms with E-state index < -0.39 is 0 Å². The van der Waals surface area contributed by atoms with Gasteiger partial charge in [-0.3, -0.25) is 4.99 Å². The van der Waals surface area contributed by atoms with Gasteiger partial charge in [0.25, 0.3) is 0 Å². The molecule has 0 aromatic heterocycles. The number of aliphatic imine (C=N–C) groups is 1. The van der Waals surface area contributed by atoms with Crippen LogP contribution in [-0.2, 0) is 13.0 Å². The van der Waals surface area contributed by atoms with Gasteiger partial charge in [0, 0.05) is 31.8 Å². The molecule has 2 aromatic rings. The average molecular weight is 515 g/mol. The van der Waals surface area contributed by atoms with Crippen LogP contribution in [0.15, 0.2) is 41.4 Å². The molecule has 0 radical (unpaired) electrons. The highest BCUT2D eigenvalue weighted by molar-refractivity contribution is 14.0. The number of benzene rings is 2. The van der Waals surface area contributed by atoms with Crippen LogP contribution in [0.1, 0.15) is 11.1 Å². The fourth-order valence-electron chi connectivity index (χ4n) is 2.86. The fraction of sp³-hybridized carbons (Fsp3) is 0.381. The lowest BCUT2D eigenvalue weighted by atomic mass is 10.1. The van der Waals surface area contributed by atoms with Gasteiger partial charge < -0.3 is 29.6 Å². The molecule has 2 N–H and O–H groups in total. The molecule has 7 nitrogen and oxygen atoms in total. The van der Waals surface area contributed by atoms with Gasteiger partial charge in [-0.25, -0.2) is 0 Å². The number of methoxy groups -OCH3 is 4. The molecule has 0 saturated heterocycles. The zero-order valence-electron chi connectivity index (χ0n) is 17.6. The van der Waals surface area contributed by atoms with Crippen LogP contribution in [-0.4, -0.2) is 48.0 Å². The average Bonchev–Trinajstić information content (AvgIpc) is 2.75. The van der Waals surface area contributed by atoms with Gasteiger partial charge in [-0.1, -0.05) is 18.2 Å². The number of rotatable bonds is 9. The van der Waals surface area contributed by atoms with Gasteiger partial charge in [-0.15, -0.1) is 24.0 Å². The van der Waals surface area contributed by atoms with E-state index in [9.17, 15) is 0 Å². The highest BCUT2D eigenvalue weighted by atomic mass is 127. The minimum Gasteiger partial charge on any atom is -0.496 e. The van der Waals surface area contributed by atoms with Gasteiger partial charge in [-0.05, 0) is 24.1 Å². The van der Waals surface area contributed by atoms with Crippen LogP contribution < -0.4 is 29.6 Å². The summed E-state index contributed by atoms with van der Waals surface area (Å²) < 4.78 is 21.6. The van der Waals surface area contributed by atoms with Gasteiger partial charge in [0.05, 0.1) is 28.4 Å². The van der Waals surface area contributed by atoms with E-state index in [0.29, 0.717) is 24.0 Å². The van der Waals surface area contributed by atoms with Crippen molar-refractivity contribution in [2.75, 3.05) is 42.0 Å². The van der Waals surface area contributed by atoms with Crippen molar-refractivity contribution in [2.45, 2.75) is 13.0 Å². The molecule has 2 rings (SSSR count). The number of halogens is 1. The number of nitrogens with zero attached hydrogens (tertiary/aromatic N) is 1. The second-order valence-corrected chi connectivity index (χ2v) is 5.93. The van der Waals surface area contributed by atoms with E-state index in [0.717, 1.165) is 35.6 Å². The summed E-state index contributed by atoms with van der Waals surface area (Å²) in [6.07, 6.45) is 0.824. The zero-order chi connectivity index (χ0) is 20.4. The molecule has 0 bridgehead atoms. The molecule has 2 aromatic carbocycles. The standard InChI is InChI=1S/C21H29N3O4.HI/c1-22-21(23-11-10-15-8-6-7-9-17(15)25-2)24-14-16-12-19(27-4)20(28-5)13-18(16)26-3;/h6-9,12-13H,10-11,14H2,1-5H3,(H2,22,23,24);1H. The van der Waals surface area contributed by atoms with Crippen molar-refractivity contribution in [1.82, 2.24) is 10.6 Å². The molecular formula is C21H30IN3O4. The summed E-state index contributed by atoms with van der Waals surface area (Å²) >= 11 is 0. The maximum atomic E-state index is 5.47. The Hall–Kier alpha value is -2.36. The van der Waals surface area contributed by atoms with Crippen LogP contribution in [0.3, 0.4) is 0 Å². The van der Waals surface area contributed by atoms with E-state index >= 15 is 0 Å². The Labute approximate surface area is 189 Å². The molecule has 0 fully saturated rings. The predicted molar refractivity (Wildman–Crippen MR) is 126 cm³/mol. The number of ether oxygens (including phenoxy) is 4. The van der Waals surface area contributed by atoms with Crippen molar-refractivity contribution in [3.63, 3.8) is 0 Å². The molecule has 0 amide bonds. The van der Waals surface area contributed by atoms with Crippen LogP contribution >= 0.6 is 24.0 Å². The quantitative estimate of drug-likeness (QED) is 0.304. The summed E-state index contributed by atoms with van der Waals surface area (Å²) in [6.45, 7) is 1.25. The van der Waals surface area contributed by atoms with E-state index in [4.69, 9.17) is 18.9 Å². The number of para-hydroxylation sites is 1. The molecule has 0 unspecified atom stereocenters. The third-order valence-corrected chi connectivity index (χ3v) is 4.34. The van der Waals surface area contributed by atoms with Crippen LogP contribution in [0.4, 0.5) is 0 Å². The maximum absolute atomic E-state index is 5.47. The van der Waals surface area contributed by atoms with Gasteiger partial charge in [-0.2, -0.15) is 0 Å². The first-order valence-corrected chi connectivity index (χ1v) is 9.02. The monoisotopic (exact) mass is 515 g/mol. The topological polar surface area (TPSA) is 73.3 Å². The molecular weight excluding hydrogens is 485 g/mol. The van der Waals surface area contributed by atoms with Crippen LogP contribution in [0.5, 0.6) is 23.0 Å².